The van der Waals surface area contributed by atoms with Crippen molar-refractivity contribution in [3.05, 3.63) is 58.7 Å². The van der Waals surface area contributed by atoms with Crippen LogP contribution in [0.1, 0.15) is 34.1 Å². The molecule has 0 radical (unpaired) electrons. The zero-order valence-electron chi connectivity index (χ0n) is 14.0. The van der Waals surface area contributed by atoms with E-state index in [9.17, 15) is 15.0 Å². The molecule has 6 N–H and O–H groups in total. The van der Waals surface area contributed by atoms with Crippen LogP contribution in [-0.4, -0.2) is 29.1 Å². The number of aryl methyl sites for hydroxylation is 2. The van der Waals surface area contributed by atoms with Crippen LogP contribution in [0.5, 0.6) is 11.5 Å². The first-order valence-corrected chi connectivity index (χ1v) is 7.92. The Morgan fingerprint density at radius 1 is 0.875 bits per heavy atom. The zero-order chi connectivity index (χ0) is 17.9. The summed E-state index contributed by atoms with van der Waals surface area (Å²) in [4.78, 5) is 13.0. The molecule has 128 valence electrons. The van der Waals surface area contributed by atoms with Crippen LogP contribution in [0.4, 0.5) is 0 Å². The third kappa shape index (κ3) is 3.58. The van der Waals surface area contributed by atoms with E-state index in [2.05, 4.69) is 0 Å². The van der Waals surface area contributed by atoms with Crippen molar-refractivity contribution in [2.75, 3.05) is 13.1 Å². The number of phenols is 2. The summed E-state index contributed by atoms with van der Waals surface area (Å²) >= 11 is 0. The van der Waals surface area contributed by atoms with Crippen LogP contribution in [0, 0.1) is 13.8 Å². The van der Waals surface area contributed by atoms with Crippen LogP contribution >= 0.6 is 0 Å². The molecule has 0 fully saturated rings. The average Bonchev–Trinajstić information content (AvgIpc) is 2.55. The molecule has 5 heteroatoms. The van der Waals surface area contributed by atoms with Crippen molar-refractivity contribution in [2.24, 2.45) is 11.5 Å². The number of Topliss-reactive ketones (excluding diaryl/α,β-unsaturated/α-hetero) is 1. The maximum atomic E-state index is 13.0. The summed E-state index contributed by atoms with van der Waals surface area (Å²) < 4.78 is 0. The van der Waals surface area contributed by atoms with Gasteiger partial charge >= 0.3 is 0 Å². The van der Waals surface area contributed by atoms with Gasteiger partial charge in [-0.25, -0.2) is 0 Å². The van der Waals surface area contributed by atoms with E-state index in [1.165, 1.54) is 0 Å². The molecule has 2 aromatic carbocycles. The van der Waals surface area contributed by atoms with Crippen molar-refractivity contribution < 1.29 is 15.0 Å². The van der Waals surface area contributed by atoms with Crippen molar-refractivity contribution >= 4 is 5.78 Å². The lowest BCUT2D eigenvalue weighted by atomic mass is 9.83. The SMILES string of the molecule is Cc1cc(C(CN)C(=O)C(CN)c2ccc(O)c(C)c2)ccc1O. The van der Waals surface area contributed by atoms with Crippen LogP contribution in [-0.2, 0) is 4.79 Å². The molecule has 0 amide bonds. The predicted molar refractivity (Wildman–Crippen MR) is 94.3 cm³/mol. The van der Waals surface area contributed by atoms with E-state index in [1.807, 2.05) is 0 Å². The Labute approximate surface area is 141 Å². The number of phenolic OH excluding ortho intramolecular Hbond substituents is 2. The second-order valence-electron chi connectivity index (χ2n) is 6.07. The quantitative estimate of drug-likeness (QED) is 0.649. The van der Waals surface area contributed by atoms with E-state index < -0.39 is 11.8 Å². The number of hydrogen-bond donors (Lipinski definition) is 4. The standard InChI is InChI=1S/C19H24N2O3/c1-11-7-13(3-5-17(11)22)15(9-20)19(24)16(10-21)14-4-6-18(23)12(2)8-14/h3-8,15-16,22-23H,9-10,20-21H2,1-2H3. The smallest absolute Gasteiger partial charge is 0.150 e. The highest BCUT2D eigenvalue weighted by molar-refractivity contribution is 5.92. The number of hydrogen-bond acceptors (Lipinski definition) is 5. The summed E-state index contributed by atoms with van der Waals surface area (Å²) in [6.45, 7) is 3.88. The molecule has 0 heterocycles. The van der Waals surface area contributed by atoms with Crippen molar-refractivity contribution in [1.29, 1.82) is 0 Å². The molecule has 0 saturated carbocycles. The largest absolute Gasteiger partial charge is 0.508 e. The van der Waals surface area contributed by atoms with Crippen LogP contribution in [0.25, 0.3) is 0 Å². The number of ketones is 1. The van der Waals surface area contributed by atoms with Gasteiger partial charge in [-0.2, -0.15) is 0 Å². The Bertz CT molecular complexity index is 682. The van der Waals surface area contributed by atoms with Crippen molar-refractivity contribution in [3.63, 3.8) is 0 Å². The van der Waals surface area contributed by atoms with Crippen molar-refractivity contribution in [1.82, 2.24) is 0 Å². The fourth-order valence-electron chi connectivity index (χ4n) is 2.87. The predicted octanol–water partition coefficient (Wildman–Crippen LogP) is 2.07. The third-order valence-electron chi connectivity index (χ3n) is 4.40. The van der Waals surface area contributed by atoms with E-state index in [0.29, 0.717) is 11.1 Å². The summed E-state index contributed by atoms with van der Waals surface area (Å²) in [5, 5.41) is 19.3. The Morgan fingerprint density at radius 3 is 1.54 bits per heavy atom. The summed E-state index contributed by atoms with van der Waals surface area (Å²) in [7, 11) is 0. The van der Waals surface area contributed by atoms with Gasteiger partial charge in [-0.1, -0.05) is 24.3 Å². The van der Waals surface area contributed by atoms with Crippen molar-refractivity contribution in [2.45, 2.75) is 25.7 Å². The molecular weight excluding hydrogens is 304 g/mol. The lowest BCUT2D eigenvalue weighted by Crippen LogP contribution is -2.30. The van der Waals surface area contributed by atoms with Crippen LogP contribution < -0.4 is 11.5 Å². The lowest BCUT2D eigenvalue weighted by Gasteiger charge is -2.22. The second kappa shape index (κ2) is 7.47. The molecule has 0 aliphatic carbocycles. The molecule has 2 atom stereocenters. The average molecular weight is 328 g/mol. The number of rotatable bonds is 6. The Morgan fingerprint density at radius 2 is 1.25 bits per heavy atom. The van der Waals surface area contributed by atoms with E-state index in [-0.39, 0.29) is 30.4 Å². The van der Waals surface area contributed by atoms with Gasteiger partial charge in [0, 0.05) is 13.1 Å². The molecule has 5 nitrogen and oxygen atoms in total. The summed E-state index contributed by atoms with van der Waals surface area (Å²) in [5.41, 5.74) is 14.6. The molecule has 2 aromatic rings. The van der Waals surface area contributed by atoms with E-state index in [4.69, 9.17) is 11.5 Å². The number of benzene rings is 2. The van der Waals surface area contributed by atoms with Gasteiger partial charge in [0.15, 0.2) is 0 Å². The molecular formula is C19H24N2O3. The highest BCUT2D eigenvalue weighted by atomic mass is 16.3. The maximum absolute atomic E-state index is 13.0. The van der Waals surface area contributed by atoms with Crippen LogP contribution in [0.15, 0.2) is 36.4 Å². The normalized spacial score (nSPS) is 13.5. The molecule has 0 aliphatic rings. The molecule has 2 rings (SSSR count). The molecule has 0 saturated heterocycles. The summed E-state index contributed by atoms with van der Waals surface area (Å²) in [5.74, 6) is -0.674. The topological polar surface area (TPSA) is 110 Å². The molecule has 0 bridgehead atoms. The third-order valence-corrected chi connectivity index (χ3v) is 4.40. The highest BCUT2D eigenvalue weighted by Crippen LogP contribution is 2.30. The van der Waals surface area contributed by atoms with E-state index in [1.54, 1.807) is 50.2 Å². The minimum absolute atomic E-state index is 0.0600. The zero-order valence-corrected chi connectivity index (χ0v) is 14.0. The molecule has 0 aliphatic heterocycles. The Balaban J connectivity index is 2.37. The lowest BCUT2D eigenvalue weighted by molar-refractivity contribution is -0.121. The molecule has 24 heavy (non-hydrogen) atoms. The fraction of sp³-hybridized carbons (Fsp3) is 0.316. The van der Waals surface area contributed by atoms with Gasteiger partial charge < -0.3 is 21.7 Å². The monoisotopic (exact) mass is 328 g/mol. The highest BCUT2D eigenvalue weighted by Gasteiger charge is 2.28. The number of aromatic hydroxyl groups is 2. The first kappa shape index (κ1) is 18.0. The van der Waals surface area contributed by atoms with Gasteiger partial charge in [-0.05, 0) is 48.2 Å². The van der Waals surface area contributed by atoms with Gasteiger partial charge in [0.25, 0.3) is 0 Å². The molecule has 2 unspecified atom stereocenters. The van der Waals surface area contributed by atoms with E-state index >= 15 is 0 Å². The molecule has 0 aromatic heterocycles. The minimum Gasteiger partial charge on any atom is -0.508 e. The first-order chi connectivity index (χ1) is 11.4. The summed E-state index contributed by atoms with van der Waals surface area (Å²) in [6, 6.07) is 10.1. The first-order valence-electron chi connectivity index (χ1n) is 7.92. The minimum atomic E-state index is -0.494. The Kier molecular flexibility index (Phi) is 5.59. The summed E-state index contributed by atoms with van der Waals surface area (Å²) in [6.07, 6.45) is 0. The second-order valence-corrected chi connectivity index (χ2v) is 6.07. The van der Waals surface area contributed by atoms with E-state index in [0.717, 1.165) is 11.1 Å². The van der Waals surface area contributed by atoms with Gasteiger partial charge in [0.05, 0.1) is 11.8 Å². The number of nitrogens with two attached hydrogens (primary N) is 2. The van der Waals surface area contributed by atoms with Gasteiger partial charge in [0.2, 0.25) is 0 Å². The number of carbonyl (C=O) groups excluding carboxylic acids is 1. The van der Waals surface area contributed by atoms with Gasteiger partial charge in [0.1, 0.15) is 17.3 Å². The number of carbonyl (C=O) groups is 1. The van der Waals surface area contributed by atoms with Crippen molar-refractivity contribution in [3.8, 4) is 11.5 Å². The molecule has 0 spiro atoms. The maximum Gasteiger partial charge on any atom is 0.150 e. The van der Waals surface area contributed by atoms with Gasteiger partial charge in [-0.3, -0.25) is 4.79 Å². The van der Waals surface area contributed by atoms with Crippen LogP contribution in [0.3, 0.4) is 0 Å². The van der Waals surface area contributed by atoms with Gasteiger partial charge in [-0.15, -0.1) is 0 Å². The fourth-order valence-corrected chi connectivity index (χ4v) is 2.87. The Hall–Kier alpha value is -2.37. The van der Waals surface area contributed by atoms with Crippen LogP contribution in [0.2, 0.25) is 0 Å².